The molecule has 0 amide bonds. The lowest BCUT2D eigenvalue weighted by Gasteiger charge is -2.50. The van der Waals surface area contributed by atoms with Gasteiger partial charge < -0.3 is 20.1 Å². The van der Waals surface area contributed by atoms with Crippen molar-refractivity contribution in [2.45, 2.75) is 29.7 Å². The van der Waals surface area contributed by atoms with Crippen LogP contribution in [-0.2, 0) is 4.79 Å². The number of carboxylic acids is 1. The third-order valence-corrected chi connectivity index (χ3v) is 11.3. The molecular weight excluding hydrogens is 545 g/mol. The second-order valence-corrected chi connectivity index (χ2v) is 11.7. The Kier molecular flexibility index (Phi) is 4.56. The normalized spacial score (nSPS) is 36.4. The van der Waals surface area contributed by atoms with Crippen LogP contribution in [0.1, 0.15) is 17.0 Å². The lowest BCUT2D eigenvalue weighted by molar-refractivity contribution is -0.141. The summed E-state index contributed by atoms with van der Waals surface area (Å²) in [5.74, 6) is -2.58. The summed E-state index contributed by atoms with van der Waals surface area (Å²) in [6.07, 6.45) is 2.63. The van der Waals surface area contributed by atoms with Gasteiger partial charge in [0.2, 0.25) is 0 Å². The van der Waals surface area contributed by atoms with Crippen molar-refractivity contribution in [1.29, 1.82) is 0 Å². The first-order chi connectivity index (χ1) is 14.8. The fraction of sp³-hybridized carbons (Fsp3) is 0.286. The molecule has 0 saturated heterocycles. The minimum absolute atomic E-state index is 0.114. The van der Waals surface area contributed by atoms with Gasteiger partial charge in [-0.25, -0.2) is 0 Å². The number of aliphatic carboxylic acids is 1. The van der Waals surface area contributed by atoms with E-state index in [0.29, 0.717) is 11.1 Å². The number of rotatable bonds is 2. The van der Waals surface area contributed by atoms with Crippen LogP contribution in [0, 0.1) is 0 Å². The van der Waals surface area contributed by atoms with Gasteiger partial charge in [0.15, 0.2) is 9.21 Å². The zero-order valence-electron chi connectivity index (χ0n) is 15.6. The minimum atomic E-state index is -2.50. The van der Waals surface area contributed by atoms with Crippen LogP contribution in [0.4, 0.5) is 0 Å². The third-order valence-electron chi connectivity index (χ3n) is 6.52. The second kappa shape index (κ2) is 6.47. The largest absolute Gasteiger partial charge is 0.508 e. The van der Waals surface area contributed by atoms with Gasteiger partial charge in [0.05, 0.1) is 0 Å². The number of benzene rings is 2. The number of halogens is 6. The monoisotopic (exact) mass is 554 g/mol. The summed E-state index contributed by atoms with van der Waals surface area (Å²) in [5.41, 5.74) is 0.736. The average Bonchev–Trinajstić information content (AvgIpc) is 2.95. The first kappa shape index (κ1) is 22.6. The number of phenolic OH excluding ortho intramolecular Hbond substituents is 2. The van der Waals surface area contributed by atoms with E-state index < -0.39 is 35.7 Å². The molecule has 2 bridgehead atoms. The maximum absolute atomic E-state index is 12.7. The molecule has 32 heavy (non-hydrogen) atoms. The van der Waals surface area contributed by atoms with Crippen LogP contribution in [0.25, 0.3) is 0 Å². The number of alkyl halides is 6. The average molecular weight is 557 g/mol. The number of hydrogen-bond acceptors (Lipinski definition) is 4. The van der Waals surface area contributed by atoms with Gasteiger partial charge in [0.25, 0.3) is 0 Å². The smallest absolute Gasteiger partial charge is 0.329 e. The van der Waals surface area contributed by atoms with Crippen LogP contribution in [0.5, 0.6) is 23.0 Å². The SMILES string of the molecule is O=C(O)C1(Cl)C2(Cl)C=CC(Cl)(C2(Cl)Cl)C1(Cl)C1c2ccc(O)cc2Oc2cc(O)ccc21. The lowest BCUT2D eigenvalue weighted by atomic mass is 9.67. The zero-order chi connectivity index (χ0) is 23.5. The molecule has 2 aromatic carbocycles. The molecule has 2 aliphatic carbocycles. The van der Waals surface area contributed by atoms with Gasteiger partial charge in [-0.2, -0.15) is 0 Å². The van der Waals surface area contributed by atoms with Crippen LogP contribution in [0.2, 0.25) is 0 Å². The molecule has 1 fully saturated rings. The number of allylic oxidation sites excluding steroid dienone is 2. The Labute approximate surface area is 212 Å². The highest BCUT2D eigenvalue weighted by molar-refractivity contribution is 6.67. The lowest BCUT2D eigenvalue weighted by Crippen LogP contribution is -2.65. The van der Waals surface area contributed by atoms with Crippen LogP contribution in [0.15, 0.2) is 48.6 Å². The van der Waals surface area contributed by atoms with Crippen molar-refractivity contribution in [2.75, 3.05) is 0 Å². The fourth-order valence-corrected chi connectivity index (χ4v) is 8.24. The van der Waals surface area contributed by atoms with Crippen molar-refractivity contribution in [2.24, 2.45) is 0 Å². The van der Waals surface area contributed by atoms with Crippen molar-refractivity contribution in [1.82, 2.24) is 0 Å². The summed E-state index contributed by atoms with van der Waals surface area (Å²) in [6.45, 7) is 0. The van der Waals surface area contributed by atoms with E-state index in [4.69, 9.17) is 74.3 Å². The van der Waals surface area contributed by atoms with Crippen LogP contribution >= 0.6 is 69.6 Å². The van der Waals surface area contributed by atoms with E-state index in [0.717, 1.165) is 0 Å². The van der Waals surface area contributed by atoms with Gasteiger partial charge in [-0.1, -0.05) is 47.5 Å². The predicted octanol–water partition coefficient (Wildman–Crippen LogP) is 6.09. The standard InChI is InChI=1S/C21H12Cl6O5/c22-17-5-6-18(23,21(17,26)27)20(25,16(30)31)19(17,24)15-11-3-1-9(28)7-13(11)32-14-8-10(29)2-4-12(14)15/h1-8,15,28-29H,(H,30,31). The van der Waals surface area contributed by atoms with E-state index in [1.165, 1.54) is 48.6 Å². The molecule has 0 aromatic heterocycles. The van der Waals surface area contributed by atoms with Crippen LogP contribution in [-0.4, -0.2) is 45.1 Å². The van der Waals surface area contributed by atoms with Gasteiger partial charge in [0, 0.05) is 29.2 Å². The van der Waals surface area contributed by atoms with Crippen molar-refractivity contribution in [3.05, 3.63) is 59.7 Å². The molecule has 2 aromatic rings. The number of aromatic hydroxyl groups is 2. The Hall–Kier alpha value is -1.21. The van der Waals surface area contributed by atoms with E-state index in [1.807, 2.05) is 0 Å². The third kappa shape index (κ3) is 2.19. The molecule has 3 N–H and O–H groups in total. The van der Waals surface area contributed by atoms with Gasteiger partial charge in [-0.3, -0.25) is 4.79 Å². The maximum Gasteiger partial charge on any atom is 0.329 e. The number of carboxylic acid groups (broad SMARTS) is 1. The molecule has 4 unspecified atom stereocenters. The molecule has 4 atom stereocenters. The Balaban J connectivity index is 1.91. The van der Waals surface area contributed by atoms with Crippen molar-refractivity contribution < 1.29 is 24.9 Å². The van der Waals surface area contributed by atoms with Gasteiger partial charge in [-0.15, -0.1) is 46.4 Å². The summed E-state index contributed by atoms with van der Waals surface area (Å²) < 4.78 is 3.74. The number of phenols is 2. The highest BCUT2D eigenvalue weighted by Gasteiger charge is 2.92. The summed E-state index contributed by atoms with van der Waals surface area (Å²) in [4.78, 5) is 4.01. The first-order valence-corrected chi connectivity index (χ1v) is 11.4. The number of carbonyl (C=O) groups is 1. The Bertz CT molecular complexity index is 1180. The number of fused-ring (bicyclic) bond motifs is 4. The molecule has 11 heteroatoms. The second-order valence-electron chi connectivity index (χ2n) is 7.99. The molecule has 1 heterocycles. The van der Waals surface area contributed by atoms with Gasteiger partial charge in [0.1, 0.15) is 37.6 Å². The summed E-state index contributed by atoms with van der Waals surface area (Å²) in [6, 6.07) is 8.42. The first-order valence-electron chi connectivity index (χ1n) is 9.17. The Morgan fingerprint density at radius 1 is 0.812 bits per heavy atom. The highest BCUT2D eigenvalue weighted by atomic mass is 35.5. The highest BCUT2D eigenvalue weighted by Crippen LogP contribution is 2.80. The molecule has 5 nitrogen and oxygen atoms in total. The van der Waals surface area contributed by atoms with E-state index in [2.05, 4.69) is 0 Å². The predicted molar refractivity (Wildman–Crippen MR) is 124 cm³/mol. The number of ether oxygens (including phenoxy) is 1. The van der Waals surface area contributed by atoms with Crippen molar-refractivity contribution >= 4 is 75.6 Å². The van der Waals surface area contributed by atoms with Crippen LogP contribution in [0.3, 0.4) is 0 Å². The molecule has 0 spiro atoms. The number of hydrogen-bond donors (Lipinski definition) is 3. The molecular formula is C21H12Cl6O5. The summed E-state index contributed by atoms with van der Waals surface area (Å²) in [5, 5.41) is 30.3. The molecule has 0 radical (unpaired) electrons. The topological polar surface area (TPSA) is 87.0 Å². The van der Waals surface area contributed by atoms with E-state index in [-0.39, 0.29) is 23.0 Å². The molecule has 3 aliphatic rings. The summed E-state index contributed by atoms with van der Waals surface area (Å²) in [7, 11) is 0. The maximum atomic E-state index is 12.7. The summed E-state index contributed by atoms with van der Waals surface area (Å²) >= 11 is 41.1. The molecule has 1 saturated carbocycles. The molecule has 5 rings (SSSR count). The van der Waals surface area contributed by atoms with Crippen LogP contribution < -0.4 is 4.74 Å². The van der Waals surface area contributed by atoms with Gasteiger partial charge in [-0.05, 0) is 12.1 Å². The Morgan fingerprint density at radius 2 is 1.28 bits per heavy atom. The van der Waals surface area contributed by atoms with E-state index >= 15 is 0 Å². The molecule has 1 aliphatic heterocycles. The van der Waals surface area contributed by atoms with Gasteiger partial charge >= 0.3 is 5.97 Å². The quantitative estimate of drug-likeness (QED) is 0.308. The minimum Gasteiger partial charge on any atom is -0.508 e. The fourth-order valence-electron chi connectivity index (χ4n) is 5.03. The van der Waals surface area contributed by atoms with E-state index in [9.17, 15) is 20.1 Å². The van der Waals surface area contributed by atoms with Crippen molar-refractivity contribution in [3.8, 4) is 23.0 Å². The Morgan fingerprint density at radius 3 is 1.75 bits per heavy atom. The van der Waals surface area contributed by atoms with Crippen molar-refractivity contribution in [3.63, 3.8) is 0 Å². The molecule has 168 valence electrons. The zero-order valence-corrected chi connectivity index (χ0v) is 20.2. The van der Waals surface area contributed by atoms with E-state index in [1.54, 1.807) is 0 Å².